The summed E-state index contributed by atoms with van der Waals surface area (Å²) < 4.78 is 15.4. The van der Waals surface area contributed by atoms with E-state index >= 15 is 0 Å². The highest BCUT2D eigenvalue weighted by atomic mass is 16.5. The van der Waals surface area contributed by atoms with Crippen LogP contribution in [0.4, 0.5) is 0 Å². The lowest BCUT2D eigenvalue weighted by molar-refractivity contribution is -0.143. The first-order valence-corrected chi connectivity index (χ1v) is 7.75. The molecule has 2 rings (SSSR count). The van der Waals surface area contributed by atoms with Gasteiger partial charge < -0.3 is 18.8 Å². The van der Waals surface area contributed by atoms with Crippen molar-refractivity contribution in [3.05, 3.63) is 54.0 Å². The number of methoxy groups -OCH3 is 1. The van der Waals surface area contributed by atoms with Crippen molar-refractivity contribution in [3.8, 4) is 5.75 Å². The van der Waals surface area contributed by atoms with Crippen LogP contribution in [0.3, 0.4) is 0 Å². The number of furan rings is 1. The van der Waals surface area contributed by atoms with Crippen LogP contribution in [0.1, 0.15) is 29.5 Å². The smallest absolute Gasteiger partial charge is 0.307 e. The van der Waals surface area contributed by atoms with Crippen LogP contribution in [0.25, 0.3) is 0 Å². The zero-order chi connectivity index (χ0) is 17.4. The van der Waals surface area contributed by atoms with Gasteiger partial charge in [-0.25, -0.2) is 0 Å². The monoisotopic (exact) mass is 331 g/mol. The molecule has 0 bridgehead atoms. The van der Waals surface area contributed by atoms with E-state index in [1.807, 2.05) is 0 Å². The predicted molar refractivity (Wildman–Crippen MR) is 87.7 cm³/mol. The van der Waals surface area contributed by atoms with Crippen LogP contribution in [0.15, 0.2) is 47.1 Å². The number of hydrogen-bond donors (Lipinski definition) is 0. The second-order valence-corrected chi connectivity index (χ2v) is 5.09. The first kappa shape index (κ1) is 17.6. The third kappa shape index (κ3) is 4.87. The molecule has 1 aromatic heterocycles. The first-order chi connectivity index (χ1) is 11.6. The number of carbonyl (C=O) groups excluding carboxylic acids is 2. The number of rotatable bonds is 8. The average molecular weight is 331 g/mol. The number of ether oxygens (including phenoxy) is 2. The van der Waals surface area contributed by atoms with E-state index in [9.17, 15) is 9.59 Å². The van der Waals surface area contributed by atoms with E-state index in [1.54, 1.807) is 61.6 Å². The highest BCUT2D eigenvalue weighted by Crippen LogP contribution is 2.16. The van der Waals surface area contributed by atoms with Gasteiger partial charge in [0.1, 0.15) is 11.5 Å². The minimum atomic E-state index is -0.333. The molecule has 0 radical (unpaired) electrons. The molecule has 0 N–H and O–H groups in total. The van der Waals surface area contributed by atoms with E-state index < -0.39 is 0 Å². The van der Waals surface area contributed by atoms with Crippen molar-refractivity contribution in [2.75, 3.05) is 20.3 Å². The van der Waals surface area contributed by atoms with Gasteiger partial charge in [-0.05, 0) is 37.3 Å². The molecule has 1 aromatic carbocycles. The molecule has 0 aliphatic rings. The van der Waals surface area contributed by atoms with Gasteiger partial charge in [-0.3, -0.25) is 9.59 Å². The average Bonchev–Trinajstić information content (AvgIpc) is 3.11. The third-order valence-electron chi connectivity index (χ3n) is 3.42. The lowest BCUT2D eigenvalue weighted by Crippen LogP contribution is -2.32. The fourth-order valence-electron chi connectivity index (χ4n) is 2.24. The van der Waals surface area contributed by atoms with E-state index in [2.05, 4.69) is 0 Å². The molecule has 128 valence electrons. The summed E-state index contributed by atoms with van der Waals surface area (Å²) in [6.07, 6.45) is 1.68. The van der Waals surface area contributed by atoms with Crippen LogP contribution < -0.4 is 4.74 Å². The number of esters is 1. The predicted octanol–water partition coefficient (Wildman–Crippen LogP) is 2.88. The Bertz CT molecular complexity index is 666. The Labute approximate surface area is 141 Å². The Balaban J connectivity index is 2.13. The van der Waals surface area contributed by atoms with Gasteiger partial charge in [-0.2, -0.15) is 0 Å². The van der Waals surface area contributed by atoms with Gasteiger partial charge in [-0.1, -0.05) is 6.07 Å². The first-order valence-electron chi connectivity index (χ1n) is 7.75. The fraction of sp³-hybridized carbons (Fsp3) is 0.333. The number of benzene rings is 1. The molecule has 0 aliphatic carbocycles. The zero-order valence-electron chi connectivity index (χ0n) is 13.9. The van der Waals surface area contributed by atoms with Crippen LogP contribution >= 0.6 is 0 Å². The standard InChI is InChI=1S/C18H21NO5/c1-3-23-17(20)9-10-19(13-16-8-5-11-24-16)18(21)14-6-4-7-15(12-14)22-2/h4-8,11-12H,3,9-10,13H2,1-2H3. The normalized spacial score (nSPS) is 10.2. The Hall–Kier alpha value is -2.76. The van der Waals surface area contributed by atoms with Crippen molar-refractivity contribution >= 4 is 11.9 Å². The zero-order valence-corrected chi connectivity index (χ0v) is 13.9. The molecule has 6 heteroatoms. The van der Waals surface area contributed by atoms with Gasteiger partial charge >= 0.3 is 5.97 Å². The van der Waals surface area contributed by atoms with Gasteiger partial charge in [0.05, 0.1) is 32.9 Å². The molecule has 0 atom stereocenters. The van der Waals surface area contributed by atoms with E-state index in [1.165, 1.54) is 0 Å². The van der Waals surface area contributed by atoms with Crippen LogP contribution in [0.5, 0.6) is 5.75 Å². The maximum absolute atomic E-state index is 12.8. The SMILES string of the molecule is CCOC(=O)CCN(Cc1ccco1)C(=O)c1cccc(OC)c1. The van der Waals surface area contributed by atoms with Crippen LogP contribution in [0.2, 0.25) is 0 Å². The maximum atomic E-state index is 12.8. The summed E-state index contributed by atoms with van der Waals surface area (Å²) in [6.45, 7) is 2.60. The molecule has 6 nitrogen and oxygen atoms in total. The van der Waals surface area contributed by atoms with Crippen molar-refractivity contribution in [2.45, 2.75) is 19.9 Å². The largest absolute Gasteiger partial charge is 0.497 e. The van der Waals surface area contributed by atoms with Crippen molar-refractivity contribution in [3.63, 3.8) is 0 Å². The summed E-state index contributed by atoms with van der Waals surface area (Å²) in [5.41, 5.74) is 0.491. The molecule has 0 spiro atoms. The van der Waals surface area contributed by atoms with Crippen LogP contribution in [0, 0.1) is 0 Å². The highest BCUT2D eigenvalue weighted by molar-refractivity contribution is 5.94. The Morgan fingerprint density at radius 3 is 2.71 bits per heavy atom. The second kappa shape index (κ2) is 8.76. The quantitative estimate of drug-likeness (QED) is 0.696. The number of hydrogen-bond acceptors (Lipinski definition) is 5. The van der Waals surface area contributed by atoms with E-state index in [4.69, 9.17) is 13.9 Å². The molecule has 0 unspecified atom stereocenters. The molecule has 0 aliphatic heterocycles. The summed E-state index contributed by atoms with van der Waals surface area (Å²) in [6, 6.07) is 10.5. The van der Waals surface area contributed by atoms with Crippen molar-refractivity contribution in [2.24, 2.45) is 0 Å². The number of amides is 1. The second-order valence-electron chi connectivity index (χ2n) is 5.09. The van der Waals surface area contributed by atoms with E-state index in [-0.39, 0.29) is 31.4 Å². The van der Waals surface area contributed by atoms with Crippen LogP contribution in [-0.2, 0) is 16.1 Å². The summed E-state index contributed by atoms with van der Waals surface area (Å²) >= 11 is 0. The molecule has 1 amide bonds. The molecule has 2 aromatic rings. The maximum Gasteiger partial charge on any atom is 0.307 e. The van der Waals surface area contributed by atoms with Crippen molar-refractivity contribution in [1.82, 2.24) is 4.90 Å². The topological polar surface area (TPSA) is 69.0 Å². The Morgan fingerprint density at radius 2 is 2.04 bits per heavy atom. The number of carbonyl (C=O) groups is 2. The number of nitrogens with zero attached hydrogens (tertiary/aromatic N) is 1. The van der Waals surface area contributed by atoms with E-state index in [0.29, 0.717) is 23.7 Å². The molecule has 0 saturated carbocycles. The fourth-order valence-corrected chi connectivity index (χ4v) is 2.24. The Kier molecular flexibility index (Phi) is 6.42. The summed E-state index contributed by atoms with van der Waals surface area (Å²) in [4.78, 5) is 26.0. The minimum absolute atomic E-state index is 0.129. The van der Waals surface area contributed by atoms with Gasteiger partial charge in [0.25, 0.3) is 5.91 Å². The third-order valence-corrected chi connectivity index (χ3v) is 3.42. The molecule has 0 fully saturated rings. The lowest BCUT2D eigenvalue weighted by atomic mass is 10.1. The van der Waals surface area contributed by atoms with Crippen LogP contribution in [-0.4, -0.2) is 37.0 Å². The van der Waals surface area contributed by atoms with Crippen molar-refractivity contribution < 1.29 is 23.5 Å². The minimum Gasteiger partial charge on any atom is -0.497 e. The molecule has 0 saturated heterocycles. The lowest BCUT2D eigenvalue weighted by Gasteiger charge is -2.21. The molecule has 1 heterocycles. The van der Waals surface area contributed by atoms with Gasteiger partial charge in [0, 0.05) is 12.1 Å². The molecule has 24 heavy (non-hydrogen) atoms. The Morgan fingerprint density at radius 1 is 1.21 bits per heavy atom. The van der Waals surface area contributed by atoms with E-state index in [0.717, 1.165) is 0 Å². The molecular formula is C18H21NO5. The van der Waals surface area contributed by atoms with Gasteiger partial charge in [-0.15, -0.1) is 0 Å². The summed E-state index contributed by atoms with van der Waals surface area (Å²) in [5.74, 6) is 0.717. The summed E-state index contributed by atoms with van der Waals surface area (Å²) in [7, 11) is 1.55. The highest BCUT2D eigenvalue weighted by Gasteiger charge is 2.19. The molecular weight excluding hydrogens is 310 g/mol. The van der Waals surface area contributed by atoms with Gasteiger partial charge in [0.2, 0.25) is 0 Å². The van der Waals surface area contributed by atoms with Gasteiger partial charge in [0.15, 0.2) is 0 Å². The van der Waals surface area contributed by atoms with Crippen molar-refractivity contribution in [1.29, 1.82) is 0 Å². The summed E-state index contributed by atoms with van der Waals surface area (Å²) in [5, 5.41) is 0.